The highest BCUT2D eigenvalue weighted by atomic mass is 79.9. The lowest BCUT2D eigenvalue weighted by molar-refractivity contribution is 0.0628. The fourth-order valence-corrected chi connectivity index (χ4v) is 3.36. The molecule has 0 aliphatic carbocycles. The molecule has 2 aromatic rings. The molecule has 1 saturated heterocycles. The summed E-state index contributed by atoms with van der Waals surface area (Å²) in [6.45, 7) is 6.28. The molecule has 23 heavy (non-hydrogen) atoms. The Hall–Kier alpha value is -1.66. The van der Waals surface area contributed by atoms with Gasteiger partial charge in [0.1, 0.15) is 0 Å². The van der Waals surface area contributed by atoms with Crippen molar-refractivity contribution in [1.82, 2.24) is 19.6 Å². The summed E-state index contributed by atoms with van der Waals surface area (Å²) in [5.74, 6) is 0.114. The Morgan fingerprint density at radius 1 is 1.26 bits per heavy atom. The number of aromatic nitrogens is 2. The van der Waals surface area contributed by atoms with Crippen molar-refractivity contribution in [2.24, 2.45) is 7.05 Å². The molecule has 1 aromatic heterocycles. The van der Waals surface area contributed by atoms with E-state index in [1.165, 1.54) is 5.56 Å². The number of benzene rings is 1. The van der Waals surface area contributed by atoms with E-state index < -0.39 is 0 Å². The van der Waals surface area contributed by atoms with E-state index in [9.17, 15) is 4.79 Å². The summed E-state index contributed by atoms with van der Waals surface area (Å²) in [6.07, 6.45) is 2.08. The Balaban J connectivity index is 1.58. The van der Waals surface area contributed by atoms with Gasteiger partial charge >= 0.3 is 0 Å². The first-order valence-electron chi connectivity index (χ1n) is 7.79. The van der Waals surface area contributed by atoms with Crippen molar-refractivity contribution >= 4 is 21.8 Å². The molecule has 1 amide bonds. The maximum atomic E-state index is 12.5. The summed E-state index contributed by atoms with van der Waals surface area (Å²) in [7, 11) is 1.95. The van der Waals surface area contributed by atoms with E-state index in [1.54, 1.807) is 0 Å². The zero-order valence-electron chi connectivity index (χ0n) is 13.5. The lowest BCUT2D eigenvalue weighted by atomic mass is 10.1. The first-order valence-corrected chi connectivity index (χ1v) is 8.58. The van der Waals surface area contributed by atoms with Crippen LogP contribution in [0.15, 0.2) is 34.9 Å². The second-order valence-corrected chi connectivity index (χ2v) is 6.91. The van der Waals surface area contributed by atoms with Gasteiger partial charge in [-0.05, 0) is 25.1 Å². The number of hydrogen-bond donors (Lipinski definition) is 0. The number of amides is 1. The molecule has 6 heteroatoms. The highest BCUT2D eigenvalue weighted by molar-refractivity contribution is 9.10. The Morgan fingerprint density at radius 2 is 2.00 bits per heavy atom. The van der Waals surface area contributed by atoms with E-state index in [0.29, 0.717) is 0 Å². The minimum absolute atomic E-state index is 0.114. The smallest absolute Gasteiger partial charge is 0.253 e. The highest BCUT2D eigenvalue weighted by Gasteiger charge is 2.22. The van der Waals surface area contributed by atoms with Crippen LogP contribution in [0.3, 0.4) is 0 Å². The van der Waals surface area contributed by atoms with Gasteiger partial charge in [-0.1, -0.05) is 22.0 Å². The van der Waals surface area contributed by atoms with Crippen molar-refractivity contribution in [2.45, 2.75) is 13.5 Å². The van der Waals surface area contributed by atoms with Crippen LogP contribution in [-0.4, -0.2) is 51.7 Å². The van der Waals surface area contributed by atoms with Crippen molar-refractivity contribution in [3.05, 3.63) is 51.8 Å². The fourth-order valence-electron chi connectivity index (χ4n) is 2.96. The zero-order chi connectivity index (χ0) is 16.4. The lowest BCUT2D eigenvalue weighted by Gasteiger charge is -2.34. The predicted molar refractivity (Wildman–Crippen MR) is 93.3 cm³/mol. The molecule has 122 valence electrons. The molecule has 0 radical (unpaired) electrons. The van der Waals surface area contributed by atoms with E-state index in [2.05, 4.69) is 32.1 Å². The molecular weight excluding hydrogens is 356 g/mol. The quantitative estimate of drug-likeness (QED) is 0.825. The summed E-state index contributed by atoms with van der Waals surface area (Å²) in [6, 6.07) is 7.59. The molecule has 0 saturated carbocycles. The van der Waals surface area contributed by atoms with Gasteiger partial charge in [-0.3, -0.25) is 14.4 Å². The van der Waals surface area contributed by atoms with Crippen LogP contribution in [0, 0.1) is 6.92 Å². The summed E-state index contributed by atoms with van der Waals surface area (Å²) >= 11 is 3.42. The van der Waals surface area contributed by atoms with Crippen molar-refractivity contribution < 1.29 is 4.79 Å². The molecule has 1 aliphatic rings. The van der Waals surface area contributed by atoms with Gasteiger partial charge in [0, 0.05) is 61.6 Å². The number of piperazine rings is 1. The van der Waals surface area contributed by atoms with Gasteiger partial charge < -0.3 is 4.90 Å². The average molecular weight is 377 g/mol. The monoisotopic (exact) mass is 376 g/mol. The number of carbonyl (C=O) groups excluding carboxylic acids is 1. The topological polar surface area (TPSA) is 41.4 Å². The molecule has 0 atom stereocenters. The number of halogens is 1. The Bertz CT molecular complexity index is 704. The first kappa shape index (κ1) is 16.2. The third-order valence-corrected chi connectivity index (χ3v) is 4.73. The molecule has 0 bridgehead atoms. The largest absolute Gasteiger partial charge is 0.336 e. The normalized spacial score (nSPS) is 15.9. The van der Waals surface area contributed by atoms with E-state index in [0.717, 1.165) is 48.5 Å². The van der Waals surface area contributed by atoms with Crippen LogP contribution in [0.1, 0.15) is 21.6 Å². The van der Waals surface area contributed by atoms with Crippen LogP contribution in [0.25, 0.3) is 0 Å². The molecule has 1 aromatic carbocycles. The third kappa shape index (κ3) is 3.82. The summed E-state index contributed by atoms with van der Waals surface area (Å²) in [5.41, 5.74) is 3.09. The summed E-state index contributed by atoms with van der Waals surface area (Å²) in [5, 5.41) is 4.39. The van der Waals surface area contributed by atoms with Gasteiger partial charge in [0.05, 0.1) is 5.69 Å². The standard InChI is InChI=1S/C17H21BrN4O/c1-13-15(11-20(2)19-13)12-21-6-8-22(9-7-21)17(23)14-4-3-5-16(18)10-14/h3-5,10-11H,6-9,12H2,1-2H3. The number of carbonyl (C=O) groups is 1. The third-order valence-electron chi connectivity index (χ3n) is 4.24. The lowest BCUT2D eigenvalue weighted by Crippen LogP contribution is -2.48. The number of nitrogens with zero attached hydrogens (tertiary/aromatic N) is 4. The van der Waals surface area contributed by atoms with E-state index in [1.807, 2.05) is 47.8 Å². The second kappa shape index (κ2) is 6.84. The van der Waals surface area contributed by atoms with Crippen molar-refractivity contribution in [3.63, 3.8) is 0 Å². The predicted octanol–water partition coefficient (Wildman–Crippen LogP) is 2.45. The van der Waals surface area contributed by atoms with Gasteiger partial charge in [-0.15, -0.1) is 0 Å². The highest BCUT2D eigenvalue weighted by Crippen LogP contribution is 2.16. The maximum Gasteiger partial charge on any atom is 0.253 e. The van der Waals surface area contributed by atoms with Crippen LogP contribution in [0.4, 0.5) is 0 Å². The van der Waals surface area contributed by atoms with Gasteiger partial charge in [0.2, 0.25) is 0 Å². The maximum absolute atomic E-state index is 12.5. The Morgan fingerprint density at radius 3 is 2.61 bits per heavy atom. The first-order chi connectivity index (χ1) is 11.0. The number of hydrogen-bond acceptors (Lipinski definition) is 3. The molecule has 1 aliphatic heterocycles. The average Bonchev–Trinajstić information content (AvgIpc) is 2.85. The van der Waals surface area contributed by atoms with Crippen LogP contribution >= 0.6 is 15.9 Å². The molecule has 5 nitrogen and oxygen atoms in total. The molecule has 2 heterocycles. The van der Waals surface area contributed by atoms with Crippen molar-refractivity contribution in [3.8, 4) is 0 Å². The van der Waals surface area contributed by atoms with Crippen LogP contribution < -0.4 is 0 Å². The van der Waals surface area contributed by atoms with Gasteiger partial charge in [-0.2, -0.15) is 5.10 Å². The minimum Gasteiger partial charge on any atom is -0.336 e. The number of aryl methyl sites for hydroxylation is 2. The molecule has 0 N–H and O–H groups in total. The summed E-state index contributed by atoms with van der Waals surface area (Å²) in [4.78, 5) is 16.9. The summed E-state index contributed by atoms with van der Waals surface area (Å²) < 4.78 is 2.80. The Labute approximate surface area is 145 Å². The molecule has 0 unspecified atom stereocenters. The zero-order valence-corrected chi connectivity index (χ0v) is 15.1. The molecule has 0 spiro atoms. The minimum atomic E-state index is 0.114. The molecular formula is C17H21BrN4O. The van der Waals surface area contributed by atoms with Crippen LogP contribution in [0.5, 0.6) is 0 Å². The van der Waals surface area contributed by atoms with Crippen molar-refractivity contribution in [1.29, 1.82) is 0 Å². The van der Waals surface area contributed by atoms with Crippen LogP contribution in [-0.2, 0) is 13.6 Å². The SMILES string of the molecule is Cc1nn(C)cc1CN1CCN(C(=O)c2cccc(Br)c2)CC1. The molecule has 3 rings (SSSR count). The van der Waals surface area contributed by atoms with Gasteiger partial charge in [0.25, 0.3) is 5.91 Å². The second-order valence-electron chi connectivity index (χ2n) is 5.99. The number of rotatable bonds is 3. The Kier molecular flexibility index (Phi) is 4.82. The van der Waals surface area contributed by atoms with Crippen LogP contribution in [0.2, 0.25) is 0 Å². The van der Waals surface area contributed by atoms with Gasteiger partial charge in [0.15, 0.2) is 0 Å². The molecule has 1 fully saturated rings. The van der Waals surface area contributed by atoms with Gasteiger partial charge in [-0.25, -0.2) is 0 Å². The van der Waals surface area contributed by atoms with E-state index in [4.69, 9.17) is 0 Å². The van der Waals surface area contributed by atoms with E-state index in [-0.39, 0.29) is 5.91 Å². The van der Waals surface area contributed by atoms with E-state index >= 15 is 0 Å². The fraction of sp³-hybridized carbons (Fsp3) is 0.412. The van der Waals surface area contributed by atoms with Crippen molar-refractivity contribution in [2.75, 3.05) is 26.2 Å².